The Hall–Kier alpha value is -3.01. The Morgan fingerprint density at radius 3 is 1.97 bits per heavy atom. The molecule has 0 atom stereocenters. The van der Waals surface area contributed by atoms with Gasteiger partial charge in [-0.2, -0.15) is 0 Å². The highest BCUT2D eigenvalue weighted by molar-refractivity contribution is 6.39. The summed E-state index contributed by atoms with van der Waals surface area (Å²) >= 11 is 0. The molecule has 0 spiro atoms. The number of rotatable bonds is 3. The number of fused-ring (bicyclic) bond motifs is 1. The first-order chi connectivity index (χ1) is 13.8. The van der Waals surface area contributed by atoms with Crippen LogP contribution in [-0.2, 0) is 20.4 Å². The Bertz CT molecular complexity index is 1070. The molecule has 0 saturated heterocycles. The fourth-order valence-electron chi connectivity index (χ4n) is 3.59. The molecule has 1 aliphatic rings. The first-order valence-corrected chi connectivity index (χ1v) is 10.1. The average Bonchev–Trinajstić information content (AvgIpc) is 2.96. The van der Waals surface area contributed by atoms with E-state index in [9.17, 15) is 14.4 Å². The van der Waals surface area contributed by atoms with Gasteiger partial charge in [-0.15, -0.1) is 0 Å². The van der Waals surface area contributed by atoms with E-state index in [0.717, 1.165) is 11.1 Å². The molecule has 1 heterocycles. The molecule has 0 N–H and O–H groups in total. The Balaban J connectivity index is 2.37. The predicted octanol–water partition coefficient (Wildman–Crippen LogP) is 5.43. The van der Waals surface area contributed by atoms with Crippen molar-refractivity contribution in [1.82, 2.24) is 0 Å². The third-order valence-corrected chi connectivity index (χ3v) is 5.30. The zero-order chi connectivity index (χ0) is 22.4. The van der Waals surface area contributed by atoms with Gasteiger partial charge >= 0.3 is 5.97 Å². The van der Waals surface area contributed by atoms with Crippen LogP contribution in [0.3, 0.4) is 0 Å². The minimum absolute atomic E-state index is 0.0583. The number of Topliss-reactive ketones (excluding diaryl/α,β-unsaturated/α-hetero) is 2. The van der Waals surface area contributed by atoms with E-state index in [-0.39, 0.29) is 22.0 Å². The van der Waals surface area contributed by atoms with Crippen molar-refractivity contribution >= 4 is 23.1 Å². The predicted molar refractivity (Wildman–Crippen MR) is 118 cm³/mol. The molecule has 3 rings (SSSR count). The van der Waals surface area contributed by atoms with Crippen molar-refractivity contribution in [3.05, 3.63) is 70.3 Å². The monoisotopic (exact) mass is 404 g/mol. The van der Waals surface area contributed by atoms with Crippen LogP contribution in [0.1, 0.15) is 75.5 Å². The Morgan fingerprint density at radius 1 is 0.867 bits per heavy atom. The van der Waals surface area contributed by atoms with Crippen LogP contribution in [0, 0.1) is 0 Å². The molecule has 0 unspecified atom stereocenters. The summed E-state index contributed by atoms with van der Waals surface area (Å²) in [6.07, 6.45) is 0. The Kier molecular flexibility index (Phi) is 5.32. The maximum absolute atomic E-state index is 13.2. The normalized spacial score (nSPS) is 15.5. The summed E-state index contributed by atoms with van der Waals surface area (Å²) in [6.45, 7) is 13.7. The standard InChI is InChI=1S/C26H28O4/c1-15(27)20(22(28)16-11-9-8-10-12-16)21-18-13-17(25(2,3)4)14-19(26(5,6)7)23(18)30-24(21)29/h8-14H,1-7H3/b21-20+. The van der Waals surface area contributed by atoms with Gasteiger partial charge < -0.3 is 4.74 Å². The minimum atomic E-state index is -0.656. The van der Waals surface area contributed by atoms with Crippen molar-refractivity contribution in [1.29, 1.82) is 0 Å². The molecule has 0 radical (unpaired) electrons. The Morgan fingerprint density at radius 2 is 1.47 bits per heavy atom. The molecule has 156 valence electrons. The molecule has 4 heteroatoms. The van der Waals surface area contributed by atoms with E-state index in [2.05, 4.69) is 26.8 Å². The third-order valence-electron chi connectivity index (χ3n) is 5.30. The second-order valence-corrected chi connectivity index (χ2v) is 9.79. The lowest BCUT2D eigenvalue weighted by Gasteiger charge is -2.26. The van der Waals surface area contributed by atoms with Crippen molar-refractivity contribution in [3.63, 3.8) is 0 Å². The molecule has 1 aliphatic heterocycles. The SMILES string of the molecule is CC(=O)/C(C(=O)c1ccccc1)=C1\C(=O)Oc2c1cc(C(C)(C)C)cc2C(C)(C)C. The lowest BCUT2D eigenvalue weighted by molar-refractivity contribution is -0.127. The fourth-order valence-corrected chi connectivity index (χ4v) is 3.59. The highest BCUT2D eigenvalue weighted by Crippen LogP contribution is 2.46. The van der Waals surface area contributed by atoms with Crippen molar-refractivity contribution in [2.45, 2.75) is 59.3 Å². The maximum Gasteiger partial charge on any atom is 0.345 e. The van der Waals surface area contributed by atoms with Gasteiger partial charge in [0.2, 0.25) is 0 Å². The summed E-state index contributed by atoms with van der Waals surface area (Å²) in [7, 11) is 0. The van der Waals surface area contributed by atoms with Gasteiger partial charge in [-0.3, -0.25) is 9.59 Å². The number of hydrogen-bond donors (Lipinski definition) is 0. The van der Waals surface area contributed by atoms with E-state index in [1.165, 1.54) is 6.92 Å². The topological polar surface area (TPSA) is 60.4 Å². The van der Waals surface area contributed by atoms with Crippen LogP contribution in [0.2, 0.25) is 0 Å². The smallest absolute Gasteiger partial charge is 0.345 e. The van der Waals surface area contributed by atoms with Crippen LogP contribution < -0.4 is 4.74 Å². The van der Waals surface area contributed by atoms with Crippen LogP contribution in [0.5, 0.6) is 5.75 Å². The van der Waals surface area contributed by atoms with E-state index >= 15 is 0 Å². The number of ether oxygens (including phenoxy) is 1. The van der Waals surface area contributed by atoms with Crippen LogP contribution in [-0.4, -0.2) is 17.5 Å². The number of carbonyl (C=O) groups is 3. The van der Waals surface area contributed by atoms with Gasteiger partial charge in [0, 0.05) is 16.7 Å². The quantitative estimate of drug-likeness (QED) is 0.171. The van der Waals surface area contributed by atoms with E-state index in [0.29, 0.717) is 16.9 Å². The van der Waals surface area contributed by atoms with E-state index in [4.69, 9.17) is 4.74 Å². The Labute approximate surface area is 178 Å². The number of esters is 1. The summed E-state index contributed by atoms with van der Waals surface area (Å²) in [5.74, 6) is -1.14. The molecule has 0 saturated carbocycles. The molecular weight excluding hydrogens is 376 g/mol. The zero-order valence-corrected chi connectivity index (χ0v) is 18.7. The van der Waals surface area contributed by atoms with Crippen molar-refractivity contribution < 1.29 is 19.1 Å². The van der Waals surface area contributed by atoms with Crippen molar-refractivity contribution in [2.24, 2.45) is 0 Å². The van der Waals surface area contributed by atoms with Gasteiger partial charge in [0.25, 0.3) is 0 Å². The van der Waals surface area contributed by atoms with Crippen LogP contribution in [0.25, 0.3) is 5.57 Å². The maximum atomic E-state index is 13.2. The molecule has 0 fully saturated rings. The number of allylic oxidation sites excluding steroid dienone is 1. The van der Waals surface area contributed by atoms with E-state index < -0.39 is 17.5 Å². The van der Waals surface area contributed by atoms with Gasteiger partial charge in [0.1, 0.15) is 5.75 Å². The molecule has 2 aromatic carbocycles. The average molecular weight is 405 g/mol. The number of carbonyl (C=O) groups excluding carboxylic acids is 3. The van der Waals surface area contributed by atoms with Gasteiger partial charge in [-0.25, -0.2) is 4.79 Å². The van der Waals surface area contributed by atoms with Crippen molar-refractivity contribution in [2.75, 3.05) is 0 Å². The van der Waals surface area contributed by atoms with Gasteiger partial charge in [-0.1, -0.05) is 77.9 Å². The highest BCUT2D eigenvalue weighted by atomic mass is 16.5. The van der Waals surface area contributed by atoms with E-state index in [1.54, 1.807) is 30.3 Å². The second kappa shape index (κ2) is 7.35. The summed E-state index contributed by atoms with van der Waals surface area (Å²) < 4.78 is 5.66. The fraction of sp³-hybridized carbons (Fsp3) is 0.346. The van der Waals surface area contributed by atoms with Gasteiger partial charge in [0.05, 0.1) is 11.1 Å². The molecule has 30 heavy (non-hydrogen) atoms. The summed E-state index contributed by atoms with van der Waals surface area (Å²) in [5, 5.41) is 0. The lowest BCUT2D eigenvalue weighted by atomic mass is 9.78. The highest BCUT2D eigenvalue weighted by Gasteiger charge is 2.39. The summed E-state index contributed by atoms with van der Waals surface area (Å²) in [6, 6.07) is 12.5. The molecule has 0 amide bonds. The second-order valence-electron chi connectivity index (χ2n) is 9.79. The first-order valence-electron chi connectivity index (χ1n) is 10.1. The number of ketones is 2. The molecule has 0 aliphatic carbocycles. The largest absolute Gasteiger partial charge is 0.422 e. The molecule has 2 aromatic rings. The molecule has 4 nitrogen and oxygen atoms in total. The number of benzene rings is 2. The summed E-state index contributed by atoms with van der Waals surface area (Å²) in [5.41, 5.74) is 2.22. The zero-order valence-electron chi connectivity index (χ0n) is 18.7. The van der Waals surface area contributed by atoms with Crippen molar-refractivity contribution in [3.8, 4) is 5.75 Å². The minimum Gasteiger partial charge on any atom is -0.422 e. The van der Waals surface area contributed by atoms with Crippen LogP contribution in [0.15, 0.2) is 48.0 Å². The number of hydrogen-bond acceptors (Lipinski definition) is 4. The third kappa shape index (κ3) is 3.87. The van der Waals surface area contributed by atoms with Crippen LogP contribution in [0.4, 0.5) is 0 Å². The first kappa shape index (κ1) is 21.7. The summed E-state index contributed by atoms with van der Waals surface area (Å²) in [4.78, 5) is 38.8. The molecular formula is C26H28O4. The van der Waals surface area contributed by atoms with E-state index in [1.807, 2.05) is 26.8 Å². The molecule has 0 aromatic heterocycles. The van der Waals surface area contributed by atoms with Crippen LogP contribution >= 0.6 is 0 Å². The van der Waals surface area contributed by atoms with Gasteiger partial charge in [0.15, 0.2) is 11.6 Å². The van der Waals surface area contributed by atoms with Gasteiger partial charge in [-0.05, 0) is 29.4 Å². The molecule has 0 bridgehead atoms. The lowest BCUT2D eigenvalue weighted by Crippen LogP contribution is -2.17.